The van der Waals surface area contributed by atoms with Gasteiger partial charge in [-0.05, 0) is 55.0 Å². The maximum absolute atomic E-state index is 12.5. The number of hydrogen-bond donors (Lipinski definition) is 3. The number of nitrogens with zero attached hydrogens (tertiary/aromatic N) is 1. The van der Waals surface area contributed by atoms with E-state index in [1.165, 1.54) is 57.1 Å². The first kappa shape index (κ1) is 30.7. The van der Waals surface area contributed by atoms with Gasteiger partial charge in [0.1, 0.15) is 5.82 Å². The number of pyridine rings is 1. The molecule has 3 N–H and O–H groups in total. The van der Waals surface area contributed by atoms with Crippen LogP contribution < -0.4 is 10.1 Å². The van der Waals surface area contributed by atoms with Gasteiger partial charge in [-0.3, -0.25) is 4.79 Å². The second kappa shape index (κ2) is 17.9. The van der Waals surface area contributed by atoms with E-state index in [1.54, 1.807) is 18.3 Å². The van der Waals surface area contributed by atoms with Gasteiger partial charge in [0, 0.05) is 12.3 Å². The number of rotatable bonds is 17. The van der Waals surface area contributed by atoms with Gasteiger partial charge in [0.15, 0.2) is 0 Å². The first-order valence-corrected chi connectivity index (χ1v) is 13.9. The number of nitrogens with one attached hydrogen (secondary N) is 1. The quantitative estimate of drug-likeness (QED) is 0.204. The largest absolute Gasteiger partial charge is 0.481 e. The second-order valence-corrected chi connectivity index (χ2v) is 9.78. The SMILES string of the molecule is CCCCCCCCCCN[C@@H](CO)c1ccc(OCCC)nc1.O=C(O)[C@H]1C[C@@H]1c1ccc(F)cc1. The van der Waals surface area contributed by atoms with E-state index in [1.807, 2.05) is 12.1 Å². The monoisotopic (exact) mass is 516 g/mol. The summed E-state index contributed by atoms with van der Waals surface area (Å²) in [6, 6.07) is 9.87. The number of benzene rings is 1. The van der Waals surface area contributed by atoms with Crippen molar-refractivity contribution in [1.82, 2.24) is 10.3 Å². The molecule has 7 heteroatoms. The third-order valence-corrected chi connectivity index (χ3v) is 6.63. The van der Waals surface area contributed by atoms with Crippen LogP contribution in [0.25, 0.3) is 0 Å². The molecule has 0 saturated heterocycles. The van der Waals surface area contributed by atoms with Crippen molar-refractivity contribution in [2.75, 3.05) is 19.8 Å². The number of carboxylic acid groups (broad SMARTS) is 1. The molecule has 3 atom stereocenters. The van der Waals surface area contributed by atoms with Crippen LogP contribution in [0.1, 0.15) is 101 Å². The second-order valence-electron chi connectivity index (χ2n) is 9.78. The molecule has 1 aliphatic rings. The van der Waals surface area contributed by atoms with Crippen LogP contribution in [-0.2, 0) is 4.79 Å². The van der Waals surface area contributed by atoms with Crippen molar-refractivity contribution in [1.29, 1.82) is 0 Å². The molecule has 0 bridgehead atoms. The summed E-state index contributed by atoms with van der Waals surface area (Å²) in [5.74, 6) is -0.547. The van der Waals surface area contributed by atoms with Crippen LogP contribution in [-0.4, -0.2) is 40.9 Å². The van der Waals surface area contributed by atoms with E-state index >= 15 is 0 Å². The van der Waals surface area contributed by atoms with E-state index in [4.69, 9.17) is 9.84 Å². The van der Waals surface area contributed by atoms with Gasteiger partial charge in [0.25, 0.3) is 0 Å². The molecular weight excluding hydrogens is 471 g/mol. The number of hydrogen-bond acceptors (Lipinski definition) is 5. The number of halogens is 1. The summed E-state index contributed by atoms with van der Waals surface area (Å²) < 4.78 is 18.0. The average molecular weight is 517 g/mol. The summed E-state index contributed by atoms with van der Waals surface area (Å²) in [5.41, 5.74) is 1.94. The Morgan fingerprint density at radius 3 is 2.24 bits per heavy atom. The normalized spacial score (nSPS) is 17.0. The number of ether oxygens (including phenoxy) is 1. The zero-order valence-corrected chi connectivity index (χ0v) is 22.5. The lowest BCUT2D eigenvalue weighted by Crippen LogP contribution is -2.25. The smallest absolute Gasteiger partial charge is 0.307 e. The number of aliphatic hydroxyl groups is 1. The zero-order chi connectivity index (χ0) is 26.9. The van der Waals surface area contributed by atoms with E-state index in [2.05, 4.69) is 24.1 Å². The average Bonchev–Trinajstić information content (AvgIpc) is 3.71. The van der Waals surface area contributed by atoms with Crippen molar-refractivity contribution in [3.63, 3.8) is 0 Å². The molecule has 0 aliphatic heterocycles. The molecule has 0 amide bonds. The minimum atomic E-state index is -0.755. The maximum atomic E-state index is 12.5. The van der Waals surface area contributed by atoms with Gasteiger partial charge < -0.3 is 20.3 Å². The molecule has 2 aromatic rings. The lowest BCUT2D eigenvalue weighted by Gasteiger charge is -2.16. The van der Waals surface area contributed by atoms with Crippen LogP contribution in [0.2, 0.25) is 0 Å². The standard InChI is InChI=1S/C20H36N2O2.C10H9FO2/c1-3-5-6-7-8-9-10-11-14-21-19(17-23)18-12-13-20(22-16-18)24-15-4-2;11-7-3-1-6(2-4-7)8-5-9(8)10(12)13/h12-13,16,19,21,23H,3-11,14-15,17H2,1-2H3;1-4,8-9H,5H2,(H,12,13)/t19-;8-,9+/m01/s1. The number of unbranched alkanes of at least 4 members (excludes halogenated alkanes) is 7. The number of aliphatic carboxylic acids is 1. The summed E-state index contributed by atoms with van der Waals surface area (Å²) in [7, 11) is 0. The molecule has 1 fully saturated rings. The summed E-state index contributed by atoms with van der Waals surface area (Å²) in [6.07, 6.45) is 14.0. The van der Waals surface area contributed by atoms with Crippen molar-refractivity contribution >= 4 is 5.97 Å². The third kappa shape index (κ3) is 12.1. The lowest BCUT2D eigenvalue weighted by atomic mass is 10.1. The van der Waals surface area contributed by atoms with Gasteiger partial charge in [-0.25, -0.2) is 9.37 Å². The molecule has 1 saturated carbocycles. The summed E-state index contributed by atoms with van der Waals surface area (Å²) in [5, 5.41) is 21.7. The fourth-order valence-electron chi connectivity index (χ4n) is 4.26. The Balaban J connectivity index is 0.000000308. The Labute approximate surface area is 221 Å². The van der Waals surface area contributed by atoms with Crippen LogP contribution in [0.15, 0.2) is 42.6 Å². The van der Waals surface area contributed by atoms with Gasteiger partial charge in [-0.15, -0.1) is 0 Å². The fourth-order valence-corrected chi connectivity index (χ4v) is 4.26. The van der Waals surface area contributed by atoms with Crippen LogP contribution in [0.5, 0.6) is 5.88 Å². The summed E-state index contributed by atoms with van der Waals surface area (Å²) in [4.78, 5) is 14.8. The van der Waals surface area contributed by atoms with Gasteiger partial charge >= 0.3 is 5.97 Å². The lowest BCUT2D eigenvalue weighted by molar-refractivity contribution is -0.138. The van der Waals surface area contributed by atoms with E-state index in [-0.39, 0.29) is 30.3 Å². The molecule has 1 aliphatic carbocycles. The van der Waals surface area contributed by atoms with Gasteiger partial charge in [0.05, 0.1) is 25.2 Å². The molecule has 1 aromatic heterocycles. The number of aromatic nitrogens is 1. The van der Waals surface area contributed by atoms with Gasteiger partial charge in [-0.2, -0.15) is 0 Å². The van der Waals surface area contributed by atoms with E-state index < -0.39 is 5.97 Å². The van der Waals surface area contributed by atoms with Crippen molar-refractivity contribution in [3.8, 4) is 5.88 Å². The van der Waals surface area contributed by atoms with Crippen molar-refractivity contribution < 1.29 is 24.1 Å². The molecule has 206 valence electrons. The Bertz CT molecular complexity index is 876. The third-order valence-electron chi connectivity index (χ3n) is 6.63. The Morgan fingerprint density at radius 1 is 1.03 bits per heavy atom. The van der Waals surface area contributed by atoms with E-state index in [9.17, 15) is 14.3 Å². The molecule has 0 spiro atoms. The highest BCUT2D eigenvalue weighted by Gasteiger charge is 2.43. The number of carbonyl (C=O) groups is 1. The molecule has 0 unspecified atom stereocenters. The van der Waals surface area contributed by atoms with Crippen molar-refractivity contribution in [2.45, 2.75) is 90.0 Å². The highest BCUT2D eigenvalue weighted by Crippen LogP contribution is 2.47. The molecule has 3 rings (SSSR count). The molecule has 0 radical (unpaired) electrons. The number of aliphatic hydroxyl groups excluding tert-OH is 1. The van der Waals surface area contributed by atoms with Gasteiger partial charge in [0.2, 0.25) is 5.88 Å². The highest BCUT2D eigenvalue weighted by atomic mass is 19.1. The van der Waals surface area contributed by atoms with Crippen LogP contribution in [0.4, 0.5) is 4.39 Å². The van der Waals surface area contributed by atoms with Crippen molar-refractivity contribution in [2.24, 2.45) is 5.92 Å². The summed E-state index contributed by atoms with van der Waals surface area (Å²) in [6.45, 7) is 6.05. The molecule has 37 heavy (non-hydrogen) atoms. The van der Waals surface area contributed by atoms with Crippen LogP contribution in [0, 0.1) is 11.7 Å². The fraction of sp³-hybridized carbons (Fsp3) is 0.600. The predicted octanol–water partition coefficient (Wildman–Crippen LogP) is 6.65. The Kier molecular flexibility index (Phi) is 14.8. The minimum absolute atomic E-state index is 0.0396. The van der Waals surface area contributed by atoms with Crippen molar-refractivity contribution in [3.05, 3.63) is 59.5 Å². The summed E-state index contributed by atoms with van der Waals surface area (Å²) >= 11 is 0. The first-order valence-electron chi connectivity index (χ1n) is 13.9. The first-order chi connectivity index (χ1) is 18.0. The highest BCUT2D eigenvalue weighted by molar-refractivity contribution is 5.75. The van der Waals surface area contributed by atoms with E-state index in [0.717, 1.165) is 30.5 Å². The van der Waals surface area contributed by atoms with Crippen LogP contribution >= 0.6 is 0 Å². The molecule has 1 heterocycles. The molecule has 1 aromatic carbocycles. The Morgan fingerprint density at radius 2 is 1.70 bits per heavy atom. The predicted molar refractivity (Wildman–Crippen MR) is 145 cm³/mol. The van der Waals surface area contributed by atoms with Crippen LogP contribution in [0.3, 0.4) is 0 Å². The van der Waals surface area contributed by atoms with E-state index in [0.29, 0.717) is 18.9 Å². The maximum Gasteiger partial charge on any atom is 0.307 e. The Hall–Kier alpha value is -2.51. The molecule has 6 nitrogen and oxygen atoms in total. The zero-order valence-electron chi connectivity index (χ0n) is 22.5. The van der Waals surface area contributed by atoms with Gasteiger partial charge in [-0.1, -0.05) is 77.0 Å². The topological polar surface area (TPSA) is 91.7 Å². The minimum Gasteiger partial charge on any atom is -0.481 e. The number of carboxylic acids is 1. The molecular formula is C30H45FN2O4.